The lowest BCUT2D eigenvalue weighted by Gasteiger charge is -1.94. The van der Waals surface area contributed by atoms with Crippen LogP contribution in [0, 0.1) is 0 Å². The lowest BCUT2D eigenvalue weighted by atomic mass is 10.2. The van der Waals surface area contributed by atoms with Crippen molar-refractivity contribution in [2.45, 2.75) is 13.3 Å². The van der Waals surface area contributed by atoms with Crippen LogP contribution in [0.4, 0.5) is 0 Å². The van der Waals surface area contributed by atoms with Crippen molar-refractivity contribution in [3.05, 3.63) is 28.1 Å². The van der Waals surface area contributed by atoms with Gasteiger partial charge in [-0.2, -0.15) is 11.3 Å². The maximum atomic E-state index is 11.0. The lowest BCUT2D eigenvalue weighted by Crippen LogP contribution is -2.09. The van der Waals surface area contributed by atoms with E-state index >= 15 is 0 Å². The minimum atomic E-state index is 0.00111. The molecule has 0 atom stereocenters. The lowest BCUT2D eigenvalue weighted by molar-refractivity contribution is -0.115. The van der Waals surface area contributed by atoms with Gasteiger partial charge in [0.15, 0.2) is 5.78 Å². The molecule has 0 bridgehead atoms. The van der Waals surface area contributed by atoms with Crippen molar-refractivity contribution in [3.63, 3.8) is 0 Å². The zero-order chi connectivity index (χ0) is 8.97. The number of allylic oxidation sites excluding steroid dienone is 1. The van der Waals surface area contributed by atoms with E-state index in [4.69, 9.17) is 5.73 Å². The van der Waals surface area contributed by atoms with Crippen molar-refractivity contribution in [3.8, 4) is 0 Å². The fourth-order valence-electron chi connectivity index (χ4n) is 0.821. The Bertz CT molecular complexity index is 287. The SMILES string of the molecule is CCC(=O)/C(N)=C/c1ccsc1. The Labute approximate surface area is 75.7 Å². The maximum absolute atomic E-state index is 11.0. The smallest absolute Gasteiger partial charge is 0.178 e. The van der Waals surface area contributed by atoms with Gasteiger partial charge in [0, 0.05) is 6.42 Å². The van der Waals surface area contributed by atoms with Crippen LogP contribution in [0.5, 0.6) is 0 Å². The summed E-state index contributed by atoms with van der Waals surface area (Å²) < 4.78 is 0. The Balaban J connectivity index is 2.76. The summed E-state index contributed by atoms with van der Waals surface area (Å²) in [6.45, 7) is 1.80. The molecule has 64 valence electrons. The van der Waals surface area contributed by atoms with Crippen molar-refractivity contribution >= 4 is 23.2 Å². The molecule has 3 heteroatoms. The van der Waals surface area contributed by atoms with E-state index in [-0.39, 0.29) is 5.78 Å². The highest BCUT2D eigenvalue weighted by Crippen LogP contribution is 2.09. The molecule has 0 aliphatic carbocycles. The van der Waals surface area contributed by atoms with Gasteiger partial charge in [-0.15, -0.1) is 0 Å². The minimum Gasteiger partial charge on any atom is -0.396 e. The van der Waals surface area contributed by atoms with Crippen molar-refractivity contribution in [1.29, 1.82) is 0 Å². The first-order valence-electron chi connectivity index (χ1n) is 3.76. The summed E-state index contributed by atoms with van der Waals surface area (Å²) in [6.07, 6.45) is 2.18. The molecule has 1 aromatic rings. The first-order valence-corrected chi connectivity index (χ1v) is 4.71. The molecule has 12 heavy (non-hydrogen) atoms. The summed E-state index contributed by atoms with van der Waals surface area (Å²) in [5.41, 5.74) is 6.88. The number of nitrogens with two attached hydrogens (primary N) is 1. The first kappa shape index (κ1) is 9.00. The van der Waals surface area contributed by atoms with Gasteiger partial charge in [0.05, 0.1) is 5.70 Å². The molecule has 0 saturated heterocycles. The Morgan fingerprint density at radius 3 is 3.00 bits per heavy atom. The second-order valence-electron chi connectivity index (χ2n) is 2.43. The predicted molar refractivity (Wildman–Crippen MR) is 51.8 cm³/mol. The molecule has 0 unspecified atom stereocenters. The fourth-order valence-corrected chi connectivity index (χ4v) is 1.44. The molecule has 1 rings (SSSR count). The molecule has 0 aromatic carbocycles. The van der Waals surface area contributed by atoms with Gasteiger partial charge in [0.25, 0.3) is 0 Å². The molecule has 1 aromatic heterocycles. The molecule has 1 heterocycles. The molecule has 0 spiro atoms. The molecule has 2 nitrogen and oxygen atoms in total. The molecular weight excluding hydrogens is 170 g/mol. The zero-order valence-electron chi connectivity index (χ0n) is 6.91. The average Bonchev–Trinajstić information content (AvgIpc) is 2.55. The fraction of sp³-hybridized carbons (Fsp3) is 0.222. The maximum Gasteiger partial charge on any atom is 0.178 e. The number of carbonyl (C=O) groups excluding carboxylic acids is 1. The number of hydrogen-bond acceptors (Lipinski definition) is 3. The van der Waals surface area contributed by atoms with Crippen LogP contribution in [0.2, 0.25) is 0 Å². The van der Waals surface area contributed by atoms with Gasteiger partial charge in [0.1, 0.15) is 0 Å². The van der Waals surface area contributed by atoms with Crippen LogP contribution in [0.1, 0.15) is 18.9 Å². The summed E-state index contributed by atoms with van der Waals surface area (Å²) in [6, 6.07) is 1.93. The van der Waals surface area contributed by atoms with E-state index in [1.807, 2.05) is 16.8 Å². The van der Waals surface area contributed by atoms with Gasteiger partial charge in [-0.3, -0.25) is 4.79 Å². The Kier molecular flexibility index (Phi) is 3.05. The Morgan fingerprint density at radius 1 is 1.75 bits per heavy atom. The molecule has 0 saturated carbocycles. The van der Waals surface area contributed by atoms with Crippen molar-refractivity contribution in [1.82, 2.24) is 0 Å². The van der Waals surface area contributed by atoms with E-state index in [0.29, 0.717) is 12.1 Å². The number of hydrogen-bond donors (Lipinski definition) is 1. The van der Waals surface area contributed by atoms with E-state index < -0.39 is 0 Å². The topological polar surface area (TPSA) is 43.1 Å². The van der Waals surface area contributed by atoms with Gasteiger partial charge < -0.3 is 5.73 Å². The first-order chi connectivity index (χ1) is 5.74. The van der Waals surface area contributed by atoms with Crippen molar-refractivity contribution in [2.24, 2.45) is 5.73 Å². The third kappa shape index (κ3) is 2.20. The van der Waals surface area contributed by atoms with Gasteiger partial charge in [-0.1, -0.05) is 6.92 Å². The predicted octanol–water partition coefficient (Wildman–Crippen LogP) is 2.03. The summed E-state index contributed by atoms with van der Waals surface area (Å²) in [5, 5.41) is 3.91. The molecule has 2 N–H and O–H groups in total. The Hall–Kier alpha value is -1.09. The van der Waals surface area contributed by atoms with Gasteiger partial charge >= 0.3 is 0 Å². The van der Waals surface area contributed by atoms with E-state index in [2.05, 4.69) is 0 Å². The second-order valence-corrected chi connectivity index (χ2v) is 3.21. The monoisotopic (exact) mass is 181 g/mol. The highest BCUT2D eigenvalue weighted by atomic mass is 32.1. The second kappa shape index (κ2) is 4.07. The average molecular weight is 181 g/mol. The van der Waals surface area contributed by atoms with E-state index in [1.54, 1.807) is 24.3 Å². The highest BCUT2D eigenvalue weighted by Gasteiger charge is 2.01. The quantitative estimate of drug-likeness (QED) is 0.725. The van der Waals surface area contributed by atoms with Crippen LogP contribution in [0.15, 0.2) is 22.5 Å². The molecule has 0 aliphatic heterocycles. The molecule has 0 amide bonds. The summed E-state index contributed by atoms with van der Waals surface area (Å²) in [5.74, 6) is 0.00111. The normalized spacial score (nSPS) is 11.6. The third-order valence-electron chi connectivity index (χ3n) is 1.51. The minimum absolute atomic E-state index is 0.00111. The van der Waals surface area contributed by atoms with Crippen LogP contribution < -0.4 is 5.73 Å². The summed E-state index contributed by atoms with van der Waals surface area (Å²) in [7, 11) is 0. The third-order valence-corrected chi connectivity index (χ3v) is 2.21. The van der Waals surface area contributed by atoms with Crippen molar-refractivity contribution in [2.75, 3.05) is 0 Å². The van der Waals surface area contributed by atoms with Crippen LogP contribution >= 0.6 is 11.3 Å². The number of ketones is 1. The van der Waals surface area contributed by atoms with Crippen LogP contribution in [-0.2, 0) is 4.79 Å². The summed E-state index contributed by atoms with van der Waals surface area (Å²) in [4.78, 5) is 11.0. The molecule has 0 aliphatic rings. The summed E-state index contributed by atoms with van der Waals surface area (Å²) >= 11 is 1.59. The molecule has 0 radical (unpaired) electrons. The number of thiophene rings is 1. The van der Waals surface area contributed by atoms with Gasteiger partial charge in [-0.05, 0) is 28.5 Å². The van der Waals surface area contributed by atoms with Crippen molar-refractivity contribution < 1.29 is 4.79 Å². The number of Topliss-reactive ketones (excluding diaryl/α,β-unsaturated/α-hetero) is 1. The molecular formula is C9H11NOS. The van der Waals surface area contributed by atoms with E-state index in [9.17, 15) is 4.79 Å². The van der Waals surface area contributed by atoms with E-state index in [0.717, 1.165) is 5.56 Å². The number of rotatable bonds is 3. The zero-order valence-corrected chi connectivity index (χ0v) is 7.73. The standard InChI is InChI=1S/C9H11NOS/c1-2-9(11)8(10)5-7-3-4-12-6-7/h3-6H,2,10H2,1H3/b8-5-. The van der Waals surface area contributed by atoms with Crippen LogP contribution in [0.3, 0.4) is 0 Å². The molecule has 0 fully saturated rings. The van der Waals surface area contributed by atoms with Crippen LogP contribution in [-0.4, -0.2) is 5.78 Å². The highest BCUT2D eigenvalue weighted by molar-refractivity contribution is 7.08. The van der Waals surface area contributed by atoms with Gasteiger partial charge in [-0.25, -0.2) is 0 Å². The van der Waals surface area contributed by atoms with Crippen LogP contribution in [0.25, 0.3) is 6.08 Å². The number of carbonyl (C=O) groups is 1. The largest absolute Gasteiger partial charge is 0.396 e. The Morgan fingerprint density at radius 2 is 2.50 bits per heavy atom. The van der Waals surface area contributed by atoms with Gasteiger partial charge in [0.2, 0.25) is 0 Å². The van der Waals surface area contributed by atoms with E-state index in [1.165, 1.54) is 0 Å².